The molecule has 1 aromatic heterocycles. The fraction of sp³-hybridized carbons (Fsp3) is 0.692. The molecule has 1 atom stereocenters. The molecule has 6 heteroatoms. The van der Waals surface area contributed by atoms with Crippen molar-refractivity contribution >= 4 is 21.4 Å². The van der Waals surface area contributed by atoms with Crippen molar-refractivity contribution in [3.8, 4) is 0 Å². The van der Waals surface area contributed by atoms with Crippen LogP contribution in [0.5, 0.6) is 0 Å². The highest BCUT2D eigenvalue weighted by atomic mass is 32.2. The zero-order valence-electron chi connectivity index (χ0n) is 11.8. The van der Waals surface area contributed by atoms with E-state index in [1.54, 1.807) is 21.7 Å². The van der Waals surface area contributed by atoms with Crippen LogP contribution in [0, 0.1) is 19.8 Å². The van der Waals surface area contributed by atoms with Crippen LogP contribution < -0.4 is 5.32 Å². The summed E-state index contributed by atoms with van der Waals surface area (Å²) in [6, 6.07) is 1.80. The number of hydrogen-bond donors (Lipinski definition) is 1. The van der Waals surface area contributed by atoms with Crippen molar-refractivity contribution in [1.29, 1.82) is 0 Å². The van der Waals surface area contributed by atoms with Gasteiger partial charge in [-0.3, -0.25) is 0 Å². The van der Waals surface area contributed by atoms with E-state index in [9.17, 15) is 8.42 Å². The van der Waals surface area contributed by atoms with E-state index in [0.717, 1.165) is 29.1 Å². The van der Waals surface area contributed by atoms with Crippen molar-refractivity contribution < 1.29 is 8.42 Å². The van der Waals surface area contributed by atoms with Crippen LogP contribution in [0.1, 0.15) is 22.6 Å². The summed E-state index contributed by atoms with van der Waals surface area (Å²) in [4.78, 5) is 2.45. The predicted molar refractivity (Wildman–Crippen MR) is 79.2 cm³/mol. The summed E-state index contributed by atoms with van der Waals surface area (Å²) in [6.45, 7) is 6.01. The fourth-order valence-electron chi connectivity index (χ4n) is 2.70. The first-order valence-corrected chi connectivity index (χ1v) is 8.92. The molecule has 0 aromatic carbocycles. The Hall–Kier alpha value is -0.430. The topological polar surface area (TPSA) is 49.4 Å². The van der Waals surface area contributed by atoms with Gasteiger partial charge in [-0.1, -0.05) is 0 Å². The SMILES string of the molecule is CNCC1CCCN(S(=O)(=O)c2cc(C)sc2C)C1. The standard InChI is InChI=1S/C13H22N2O2S2/c1-10-7-13(11(2)18-10)19(16,17)15-6-4-5-12(9-15)8-14-3/h7,12,14H,4-6,8-9H2,1-3H3. The summed E-state index contributed by atoms with van der Waals surface area (Å²) >= 11 is 1.55. The minimum Gasteiger partial charge on any atom is -0.319 e. The van der Waals surface area contributed by atoms with Crippen LogP contribution in [0.25, 0.3) is 0 Å². The highest BCUT2D eigenvalue weighted by molar-refractivity contribution is 7.89. The molecule has 19 heavy (non-hydrogen) atoms. The van der Waals surface area contributed by atoms with Gasteiger partial charge in [0.1, 0.15) is 0 Å². The minimum atomic E-state index is -3.31. The Bertz CT molecular complexity index is 535. The van der Waals surface area contributed by atoms with Gasteiger partial charge in [-0.15, -0.1) is 11.3 Å². The molecule has 0 aliphatic carbocycles. The molecule has 1 fully saturated rings. The maximum absolute atomic E-state index is 12.7. The molecule has 1 saturated heterocycles. The van der Waals surface area contributed by atoms with E-state index >= 15 is 0 Å². The third-order valence-corrected chi connectivity index (χ3v) is 6.67. The van der Waals surface area contributed by atoms with Gasteiger partial charge in [0.05, 0.1) is 4.90 Å². The molecule has 0 radical (unpaired) electrons. The van der Waals surface area contributed by atoms with Gasteiger partial charge in [0.2, 0.25) is 10.0 Å². The van der Waals surface area contributed by atoms with Crippen LogP contribution in [-0.4, -0.2) is 39.4 Å². The number of hydrogen-bond acceptors (Lipinski definition) is 4. The number of sulfonamides is 1. The molecule has 108 valence electrons. The number of aryl methyl sites for hydroxylation is 2. The maximum atomic E-state index is 12.7. The predicted octanol–water partition coefficient (Wildman–Crippen LogP) is 1.99. The zero-order chi connectivity index (χ0) is 14.0. The van der Waals surface area contributed by atoms with Gasteiger partial charge in [0, 0.05) is 22.8 Å². The first-order valence-electron chi connectivity index (χ1n) is 6.67. The summed E-state index contributed by atoms with van der Waals surface area (Å²) in [5, 5.41) is 3.15. The van der Waals surface area contributed by atoms with Gasteiger partial charge in [-0.05, 0) is 52.3 Å². The number of thiophene rings is 1. The van der Waals surface area contributed by atoms with Crippen LogP contribution in [0.15, 0.2) is 11.0 Å². The molecule has 1 aromatic rings. The lowest BCUT2D eigenvalue weighted by atomic mass is 10.00. The summed E-state index contributed by atoms with van der Waals surface area (Å²) < 4.78 is 27.0. The van der Waals surface area contributed by atoms with Crippen molar-refractivity contribution in [3.05, 3.63) is 15.8 Å². The summed E-state index contributed by atoms with van der Waals surface area (Å²) in [5.74, 6) is 0.425. The Morgan fingerprint density at radius 1 is 1.47 bits per heavy atom. The normalized spacial score (nSPS) is 21.7. The van der Waals surface area contributed by atoms with E-state index in [4.69, 9.17) is 0 Å². The van der Waals surface area contributed by atoms with E-state index in [2.05, 4.69) is 5.32 Å². The van der Waals surface area contributed by atoms with Crippen LogP contribution in [0.3, 0.4) is 0 Å². The molecular weight excluding hydrogens is 280 g/mol. The average Bonchev–Trinajstić information content (AvgIpc) is 2.70. The van der Waals surface area contributed by atoms with Crippen LogP contribution in [0.2, 0.25) is 0 Å². The quantitative estimate of drug-likeness (QED) is 0.925. The zero-order valence-corrected chi connectivity index (χ0v) is 13.4. The van der Waals surface area contributed by atoms with E-state index in [1.165, 1.54) is 0 Å². The Morgan fingerprint density at radius 3 is 2.79 bits per heavy atom. The molecule has 4 nitrogen and oxygen atoms in total. The smallest absolute Gasteiger partial charge is 0.244 e. The molecule has 0 saturated carbocycles. The highest BCUT2D eigenvalue weighted by Gasteiger charge is 2.31. The number of piperidine rings is 1. The molecule has 2 heterocycles. The third kappa shape index (κ3) is 3.18. The Morgan fingerprint density at radius 2 is 2.21 bits per heavy atom. The molecule has 1 aliphatic rings. The number of nitrogens with one attached hydrogen (secondary N) is 1. The molecular formula is C13H22N2O2S2. The third-order valence-electron chi connectivity index (χ3n) is 3.59. The molecule has 1 unspecified atom stereocenters. The second-order valence-electron chi connectivity index (χ2n) is 5.21. The summed E-state index contributed by atoms with van der Waals surface area (Å²) in [7, 11) is -1.39. The van der Waals surface area contributed by atoms with Crippen LogP contribution in [0.4, 0.5) is 0 Å². The van der Waals surface area contributed by atoms with Gasteiger partial charge in [0.25, 0.3) is 0 Å². The Balaban J connectivity index is 2.22. The van der Waals surface area contributed by atoms with Crippen LogP contribution >= 0.6 is 11.3 Å². The van der Waals surface area contributed by atoms with E-state index in [0.29, 0.717) is 23.9 Å². The molecule has 1 N–H and O–H groups in total. The van der Waals surface area contributed by atoms with E-state index in [1.807, 2.05) is 20.9 Å². The van der Waals surface area contributed by atoms with Gasteiger partial charge < -0.3 is 5.32 Å². The molecule has 1 aliphatic heterocycles. The summed E-state index contributed by atoms with van der Waals surface area (Å²) in [5.41, 5.74) is 0. The van der Waals surface area contributed by atoms with Gasteiger partial charge in [0.15, 0.2) is 0 Å². The molecule has 2 rings (SSSR count). The van der Waals surface area contributed by atoms with Gasteiger partial charge in [-0.25, -0.2) is 8.42 Å². The van der Waals surface area contributed by atoms with Crippen molar-refractivity contribution in [2.75, 3.05) is 26.7 Å². The monoisotopic (exact) mass is 302 g/mol. The van der Waals surface area contributed by atoms with E-state index in [-0.39, 0.29) is 0 Å². The average molecular weight is 302 g/mol. The van der Waals surface area contributed by atoms with Crippen molar-refractivity contribution in [1.82, 2.24) is 9.62 Å². The number of nitrogens with zero attached hydrogens (tertiary/aromatic N) is 1. The van der Waals surface area contributed by atoms with Gasteiger partial charge >= 0.3 is 0 Å². The Kier molecular flexibility index (Phi) is 4.66. The fourth-order valence-corrected chi connectivity index (χ4v) is 5.78. The summed E-state index contributed by atoms with van der Waals surface area (Å²) in [6.07, 6.45) is 2.06. The lowest BCUT2D eigenvalue weighted by Crippen LogP contribution is -2.42. The largest absolute Gasteiger partial charge is 0.319 e. The Labute approximate surface area is 119 Å². The van der Waals surface area contributed by atoms with E-state index < -0.39 is 10.0 Å². The molecule has 0 spiro atoms. The molecule has 0 bridgehead atoms. The molecule has 0 amide bonds. The minimum absolute atomic E-state index is 0.425. The lowest BCUT2D eigenvalue weighted by Gasteiger charge is -2.31. The van der Waals surface area contributed by atoms with Crippen molar-refractivity contribution in [2.45, 2.75) is 31.6 Å². The first-order chi connectivity index (χ1) is 8.95. The number of rotatable bonds is 4. The maximum Gasteiger partial charge on any atom is 0.244 e. The second-order valence-corrected chi connectivity index (χ2v) is 8.57. The second kappa shape index (κ2) is 5.91. The highest BCUT2D eigenvalue weighted by Crippen LogP contribution is 2.30. The lowest BCUT2D eigenvalue weighted by molar-refractivity contribution is 0.263. The van der Waals surface area contributed by atoms with Gasteiger partial charge in [-0.2, -0.15) is 4.31 Å². The van der Waals surface area contributed by atoms with Crippen molar-refractivity contribution in [2.24, 2.45) is 5.92 Å². The first kappa shape index (κ1) is 15.0. The van der Waals surface area contributed by atoms with Crippen molar-refractivity contribution in [3.63, 3.8) is 0 Å². The van der Waals surface area contributed by atoms with Crippen LogP contribution in [-0.2, 0) is 10.0 Å².